The Morgan fingerprint density at radius 1 is 1.65 bits per heavy atom. The zero-order valence-electron chi connectivity index (χ0n) is 10.2. The topological polar surface area (TPSA) is 72.9 Å². The van der Waals surface area contributed by atoms with Crippen molar-refractivity contribution in [2.75, 3.05) is 6.54 Å². The molecule has 0 unspecified atom stereocenters. The highest BCUT2D eigenvalue weighted by Gasteiger charge is 2.31. The molecule has 2 atom stereocenters. The quantitative estimate of drug-likeness (QED) is 0.795. The predicted molar refractivity (Wildman–Crippen MR) is 64.9 cm³/mol. The molecule has 1 aliphatic carbocycles. The molecule has 1 aromatic rings. The van der Waals surface area contributed by atoms with Gasteiger partial charge in [0.2, 0.25) is 5.91 Å². The van der Waals surface area contributed by atoms with Crippen molar-refractivity contribution in [1.29, 1.82) is 0 Å². The molecular formula is C12H20N4O. The van der Waals surface area contributed by atoms with Crippen LogP contribution in [0.25, 0.3) is 0 Å². The van der Waals surface area contributed by atoms with Gasteiger partial charge in [0, 0.05) is 25.4 Å². The maximum Gasteiger partial charge on any atom is 0.223 e. The van der Waals surface area contributed by atoms with E-state index >= 15 is 0 Å². The van der Waals surface area contributed by atoms with Crippen LogP contribution in [0.4, 0.5) is 0 Å². The number of hydrogen-bond acceptors (Lipinski definition) is 3. The summed E-state index contributed by atoms with van der Waals surface area (Å²) < 4.78 is 1.91. The second kappa shape index (κ2) is 5.31. The van der Waals surface area contributed by atoms with Gasteiger partial charge in [0.25, 0.3) is 0 Å². The van der Waals surface area contributed by atoms with Crippen molar-refractivity contribution < 1.29 is 4.79 Å². The predicted octanol–water partition coefficient (Wildman–Crippen LogP) is 0.411. The highest BCUT2D eigenvalue weighted by Crippen LogP contribution is 2.30. The molecular weight excluding hydrogens is 216 g/mol. The Labute approximate surface area is 101 Å². The van der Waals surface area contributed by atoms with Gasteiger partial charge in [-0.25, -0.2) is 4.98 Å². The molecule has 0 saturated heterocycles. The standard InChI is InChI=1S/C12H20N4O/c1-16-6-5-14-11(16)8-15-12(17)10-4-2-3-9(10)7-13/h5-6,9-10H,2-4,7-8,13H2,1H3,(H,15,17)/t9-,10-/m1/s1. The fraction of sp³-hybridized carbons (Fsp3) is 0.667. The first-order valence-electron chi connectivity index (χ1n) is 6.16. The molecule has 1 aliphatic rings. The molecule has 5 heteroatoms. The monoisotopic (exact) mass is 236 g/mol. The van der Waals surface area contributed by atoms with E-state index in [0.29, 0.717) is 19.0 Å². The van der Waals surface area contributed by atoms with Crippen LogP contribution >= 0.6 is 0 Å². The van der Waals surface area contributed by atoms with Gasteiger partial charge >= 0.3 is 0 Å². The van der Waals surface area contributed by atoms with Crippen molar-refractivity contribution in [2.24, 2.45) is 24.6 Å². The molecule has 17 heavy (non-hydrogen) atoms. The third-order valence-electron chi connectivity index (χ3n) is 3.64. The summed E-state index contributed by atoms with van der Waals surface area (Å²) in [5, 5.41) is 2.95. The lowest BCUT2D eigenvalue weighted by Crippen LogP contribution is -2.35. The van der Waals surface area contributed by atoms with Gasteiger partial charge in [-0.2, -0.15) is 0 Å². The Morgan fingerprint density at radius 3 is 3.12 bits per heavy atom. The molecule has 0 aliphatic heterocycles. The second-order valence-corrected chi connectivity index (χ2v) is 4.71. The summed E-state index contributed by atoms with van der Waals surface area (Å²) in [6.07, 6.45) is 6.77. The zero-order valence-corrected chi connectivity index (χ0v) is 10.2. The molecule has 0 radical (unpaired) electrons. The minimum atomic E-state index is 0.0975. The van der Waals surface area contributed by atoms with Crippen LogP contribution in [0, 0.1) is 11.8 Å². The van der Waals surface area contributed by atoms with E-state index < -0.39 is 0 Å². The summed E-state index contributed by atoms with van der Waals surface area (Å²) >= 11 is 0. The molecule has 1 aromatic heterocycles. The zero-order chi connectivity index (χ0) is 12.3. The average Bonchev–Trinajstić information content (AvgIpc) is 2.94. The lowest BCUT2D eigenvalue weighted by molar-refractivity contribution is -0.126. The Balaban J connectivity index is 1.87. The van der Waals surface area contributed by atoms with E-state index in [9.17, 15) is 4.79 Å². The Morgan fingerprint density at radius 2 is 2.47 bits per heavy atom. The Bertz CT molecular complexity index is 388. The van der Waals surface area contributed by atoms with Gasteiger partial charge in [0.1, 0.15) is 5.82 Å². The van der Waals surface area contributed by atoms with E-state index in [4.69, 9.17) is 5.73 Å². The first-order chi connectivity index (χ1) is 8.22. The third kappa shape index (κ3) is 2.66. The maximum absolute atomic E-state index is 12.0. The molecule has 0 aromatic carbocycles. The third-order valence-corrected chi connectivity index (χ3v) is 3.64. The van der Waals surface area contributed by atoms with Crippen molar-refractivity contribution in [3.8, 4) is 0 Å². The number of imidazole rings is 1. The minimum absolute atomic E-state index is 0.0975. The maximum atomic E-state index is 12.0. The molecule has 1 heterocycles. The summed E-state index contributed by atoms with van der Waals surface area (Å²) in [6, 6.07) is 0. The van der Waals surface area contributed by atoms with E-state index in [-0.39, 0.29) is 11.8 Å². The van der Waals surface area contributed by atoms with Gasteiger partial charge in [-0.05, 0) is 25.3 Å². The lowest BCUT2D eigenvalue weighted by atomic mass is 9.95. The number of nitrogens with zero attached hydrogens (tertiary/aromatic N) is 2. The van der Waals surface area contributed by atoms with Gasteiger partial charge in [-0.15, -0.1) is 0 Å². The van der Waals surface area contributed by atoms with Gasteiger partial charge in [0.15, 0.2) is 0 Å². The molecule has 3 N–H and O–H groups in total. The van der Waals surface area contributed by atoms with Gasteiger partial charge in [-0.1, -0.05) is 6.42 Å². The van der Waals surface area contributed by atoms with Crippen LogP contribution in [0.1, 0.15) is 25.1 Å². The molecule has 1 amide bonds. The van der Waals surface area contributed by atoms with E-state index in [1.165, 1.54) is 0 Å². The Kier molecular flexibility index (Phi) is 3.78. The summed E-state index contributed by atoms with van der Waals surface area (Å²) in [6.45, 7) is 1.11. The van der Waals surface area contributed by atoms with E-state index in [2.05, 4.69) is 10.3 Å². The van der Waals surface area contributed by atoms with Crippen LogP contribution < -0.4 is 11.1 Å². The number of rotatable bonds is 4. The van der Waals surface area contributed by atoms with Crippen molar-refractivity contribution >= 4 is 5.91 Å². The SMILES string of the molecule is Cn1ccnc1CNC(=O)[C@@H]1CCC[C@@H]1CN. The van der Waals surface area contributed by atoms with E-state index in [0.717, 1.165) is 25.1 Å². The van der Waals surface area contributed by atoms with Crippen LogP contribution in [-0.4, -0.2) is 22.0 Å². The number of nitrogens with two attached hydrogens (primary N) is 1. The number of amides is 1. The molecule has 2 rings (SSSR count). The molecule has 1 saturated carbocycles. The minimum Gasteiger partial charge on any atom is -0.349 e. The van der Waals surface area contributed by atoms with Crippen molar-refractivity contribution in [3.05, 3.63) is 18.2 Å². The molecule has 0 bridgehead atoms. The molecule has 94 valence electrons. The lowest BCUT2D eigenvalue weighted by Gasteiger charge is -2.17. The highest BCUT2D eigenvalue weighted by atomic mass is 16.1. The Hall–Kier alpha value is -1.36. The summed E-state index contributed by atoms with van der Waals surface area (Å²) in [5.74, 6) is 1.46. The summed E-state index contributed by atoms with van der Waals surface area (Å²) in [5.41, 5.74) is 5.68. The van der Waals surface area contributed by atoms with Crippen LogP contribution in [0.5, 0.6) is 0 Å². The van der Waals surface area contributed by atoms with E-state index in [1.807, 2.05) is 17.8 Å². The first kappa shape index (κ1) is 12.1. The van der Waals surface area contributed by atoms with Gasteiger partial charge < -0.3 is 15.6 Å². The normalized spacial score (nSPS) is 23.9. The number of aryl methyl sites for hydroxylation is 1. The molecule has 5 nitrogen and oxygen atoms in total. The van der Waals surface area contributed by atoms with Crippen LogP contribution in [0.2, 0.25) is 0 Å². The smallest absolute Gasteiger partial charge is 0.223 e. The number of carbonyl (C=O) groups is 1. The summed E-state index contributed by atoms with van der Waals surface area (Å²) in [4.78, 5) is 16.2. The molecule has 1 fully saturated rings. The number of aromatic nitrogens is 2. The van der Waals surface area contributed by atoms with Crippen molar-refractivity contribution in [2.45, 2.75) is 25.8 Å². The number of carbonyl (C=O) groups excluding carboxylic acids is 1. The number of hydrogen-bond donors (Lipinski definition) is 2. The largest absolute Gasteiger partial charge is 0.349 e. The average molecular weight is 236 g/mol. The molecule has 0 spiro atoms. The van der Waals surface area contributed by atoms with Crippen molar-refractivity contribution in [3.63, 3.8) is 0 Å². The van der Waals surface area contributed by atoms with Gasteiger partial charge in [-0.3, -0.25) is 4.79 Å². The summed E-state index contributed by atoms with van der Waals surface area (Å²) in [7, 11) is 1.92. The van der Waals surface area contributed by atoms with Crippen LogP contribution in [0.15, 0.2) is 12.4 Å². The van der Waals surface area contributed by atoms with E-state index in [1.54, 1.807) is 6.20 Å². The fourth-order valence-electron chi connectivity index (χ4n) is 2.53. The van der Waals surface area contributed by atoms with Crippen LogP contribution in [0.3, 0.4) is 0 Å². The van der Waals surface area contributed by atoms with Crippen LogP contribution in [-0.2, 0) is 18.4 Å². The second-order valence-electron chi connectivity index (χ2n) is 4.71. The highest BCUT2D eigenvalue weighted by molar-refractivity contribution is 5.79. The fourth-order valence-corrected chi connectivity index (χ4v) is 2.53. The first-order valence-corrected chi connectivity index (χ1v) is 6.16. The van der Waals surface area contributed by atoms with Crippen molar-refractivity contribution in [1.82, 2.24) is 14.9 Å². The number of nitrogens with one attached hydrogen (secondary N) is 1. The van der Waals surface area contributed by atoms with Gasteiger partial charge in [0.05, 0.1) is 6.54 Å².